The van der Waals surface area contributed by atoms with Gasteiger partial charge in [-0.2, -0.15) is 0 Å². The van der Waals surface area contributed by atoms with E-state index in [0.29, 0.717) is 17.1 Å². The van der Waals surface area contributed by atoms with Crippen LogP contribution >= 0.6 is 12.2 Å². The minimum absolute atomic E-state index is 0.414. The number of nitrogens with two attached hydrogens (primary N) is 1. The SMILES string of the molecule is CCC(=N)CC(N)=S. The predicted octanol–water partition coefficient (Wildman–Crippen LogP) is 1.09. The molecular weight excluding hydrogens is 120 g/mol. The van der Waals surface area contributed by atoms with Crippen molar-refractivity contribution in [3.05, 3.63) is 0 Å². The first-order valence-electron chi connectivity index (χ1n) is 2.51. The second-order valence-corrected chi connectivity index (χ2v) is 2.12. The standard InChI is InChI=1S/C5H10N2S/c1-2-4(6)3-5(7)8/h6H,2-3H2,1H3,(H2,7,8). The van der Waals surface area contributed by atoms with Crippen LogP contribution in [0.4, 0.5) is 0 Å². The molecule has 0 amide bonds. The molecule has 0 aromatic rings. The van der Waals surface area contributed by atoms with Crippen LogP contribution in [0.5, 0.6) is 0 Å². The highest BCUT2D eigenvalue weighted by atomic mass is 32.1. The van der Waals surface area contributed by atoms with Gasteiger partial charge in [0.2, 0.25) is 0 Å². The number of nitrogens with one attached hydrogen (secondary N) is 1. The first-order chi connectivity index (χ1) is 3.66. The third kappa shape index (κ3) is 3.74. The number of hydrogen-bond acceptors (Lipinski definition) is 2. The van der Waals surface area contributed by atoms with Gasteiger partial charge in [-0.25, -0.2) is 0 Å². The number of rotatable bonds is 3. The Balaban J connectivity index is 3.40. The van der Waals surface area contributed by atoms with Crippen molar-refractivity contribution in [2.24, 2.45) is 5.73 Å². The van der Waals surface area contributed by atoms with E-state index in [-0.39, 0.29) is 0 Å². The van der Waals surface area contributed by atoms with Crippen molar-refractivity contribution >= 4 is 22.9 Å². The molecule has 3 heteroatoms. The summed E-state index contributed by atoms with van der Waals surface area (Å²) in [5.74, 6) is 0. The number of hydrogen-bond donors (Lipinski definition) is 2. The molecule has 0 radical (unpaired) electrons. The zero-order valence-corrected chi connectivity index (χ0v) is 5.72. The average Bonchev–Trinajstić information content (AvgIpc) is 1.65. The zero-order chi connectivity index (χ0) is 6.57. The fourth-order valence-corrected chi connectivity index (χ4v) is 0.510. The Hall–Kier alpha value is -0.440. The van der Waals surface area contributed by atoms with E-state index in [2.05, 4.69) is 12.2 Å². The fourth-order valence-electron chi connectivity index (χ4n) is 0.335. The van der Waals surface area contributed by atoms with Crippen LogP contribution in [-0.2, 0) is 0 Å². The Kier molecular flexibility index (Phi) is 3.35. The summed E-state index contributed by atoms with van der Waals surface area (Å²) < 4.78 is 0. The summed E-state index contributed by atoms with van der Waals surface area (Å²) in [4.78, 5) is 0.414. The second kappa shape index (κ2) is 3.55. The molecule has 0 aromatic carbocycles. The van der Waals surface area contributed by atoms with Gasteiger partial charge in [0.25, 0.3) is 0 Å². The zero-order valence-electron chi connectivity index (χ0n) is 4.90. The van der Waals surface area contributed by atoms with Gasteiger partial charge in [-0.1, -0.05) is 19.1 Å². The van der Waals surface area contributed by atoms with Crippen LogP contribution in [0.2, 0.25) is 0 Å². The van der Waals surface area contributed by atoms with Gasteiger partial charge < -0.3 is 11.1 Å². The van der Waals surface area contributed by atoms with Gasteiger partial charge in [0.05, 0.1) is 4.99 Å². The van der Waals surface area contributed by atoms with Gasteiger partial charge >= 0.3 is 0 Å². The lowest BCUT2D eigenvalue weighted by Crippen LogP contribution is -2.12. The molecule has 3 N–H and O–H groups in total. The lowest BCUT2D eigenvalue weighted by molar-refractivity contribution is 1.20. The molecule has 46 valence electrons. The molecule has 8 heavy (non-hydrogen) atoms. The van der Waals surface area contributed by atoms with E-state index in [1.807, 2.05) is 6.92 Å². The van der Waals surface area contributed by atoms with Crippen molar-refractivity contribution in [1.82, 2.24) is 0 Å². The number of thiocarbonyl (C=S) groups is 1. The lowest BCUT2D eigenvalue weighted by atomic mass is 10.2. The highest BCUT2D eigenvalue weighted by Gasteiger charge is 1.92. The summed E-state index contributed by atoms with van der Waals surface area (Å²) in [5, 5.41) is 7.10. The third-order valence-electron chi connectivity index (χ3n) is 0.814. The second-order valence-electron chi connectivity index (χ2n) is 1.60. The Labute approximate surface area is 54.6 Å². The van der Waals surface area contributed by atoms with Crippen molar-refractivity contribution in [2.45, 2.75) is 19.8 Å². The molecule has 0 unspecified atom stereocenters. The largest absolute Gasteiger partial charge is 0.393 e. The summed E-state index contributed by atoms with van der Waals surface area (Å²) in [5.41, 5.74) is 5.77. The smallest absolute Gasteiger partial charge is 0.0783 e. The minimum atomic E-state index is 0.414. The fraction of sp³-hybridized carbons (Fsp3) is 0.600. The van der Waals surface area contributed by atoms with Gasteiger partial charge in [-0.3, -0.25) is 0 Å². The molecule has 0 saturated heterocycles. The van der Waals surface area contributed by atoms with E-state index in [9.17, 15) is 0 Å². The Morgan fingerprint density at radius 2 is 2.25 bits per heavy atom. The summed E-state index contributed by atoms with van der Waals surface area (Å²) in [7, 11) is 0. The van der Waals surface area contributed by atoms with Crippen molar-refractivity contribution in [3.63, 3.8) is 0 Å². The molecule has 0 bridgehead atoms. The topological polar surface area (TPSA) is 49.9 Å². The highest BCUT2D eigenvalue weighted by Crippen LogP contribution is 1.87. The van der Waals surface area contributed by atoms with Crippen LogP contribution in [-0.4, -0.2) is 10.7 Å². The maximum absolute atomic E-state index is 7.10. The van der Waals surface area contributed by atoms with E-state index >= 15 is 0 Å². The van der Waals surface area contributed by atoms with E-state index in [0.717, 1.165) is 6.42 Å². The van der Waals surface area contributed by atoms with Crippen LogP contribution in [0.25, 0.3) is 0 Å². The highest BCUT2D eigenvalue weighted by molar-refractivity contribution is 7.80. The third-order valence-corrected chi connectivity index (χ3v) is 0.959. The van der Waals surface area contributed by atoms with Gasteiger partial charge in [-0.05, 0) is 6.42 Å². The van der Waals surface area contributed by atoms with Crippen LogP contribution in [0.15, 0.2) is 0 Å². The predicted molar refractivity (Wildman–Crippen MR) is 39.4 cm³/mol. The average molecular weight is 130 g/mol. The van der Waals surface area contributed by atoms with E-state index in [1.54, 1.807) is 0 Å². The quantitative estimate of drug-likeness (QED) is 0.444. The van der Waals surface area contributed by atoms with Crippen LogP contribution in [0, 0.1) is 5.41 Å². The molecule has 0 saturated carbocycles. The maximum Gasteiger partial charge on any atom is 0.0783 e. The Bertz CT molecular complexity index is 109. The molecular formula is C5H10N2S. The molecule has 2 nitrogen and oxygen atoms in total. The summed E-state index contributed by atoms with van der Waals surface area (Å²) in [6, 6.07) is 0. The first kappa shape index (κ1) is 7.56. The molecule has 0 aromatic heterocycles. The van der Waals surface area contributed by atoms with Crippen molar-refractivity contribution < 1.29 is 0 Å². The Morgan fingerprint density at radius 3 is 2.38 bits per heavy atom. The van der Waals surface area contributed by atoms with Crippen molar-refractivity contribution in [1.29, 1.82) is 5.41 Å². The normalized spacial score (nSPS) is 8.62. The summed E-state index contributed by atoms with van der Waals surface area (Å²) >= 11 is 4.57. The molecule has 0 aliphatic carbocycles. The monoisotopic (exact) mass is 130 g/mol. The van der Waals surface area contributed by atoms with E-state index in [1.165, 1.54) is 0 Å². The molecule has 0 fully saturated rings. The molecule has 0 rings (SSSR count). The molecule has 0 aliphatic rings. The van der Waals surface area contributed by atoms with Gasteiger partial charge in [-0.15, -0.1) is 0 Å². The van der Waals surface area contributed by atoms with Crippen LogP contribution < -0.4 is 5.73 Å². The van der Waals surface area contributed by atoms with Gasteiger partial charge in [0.1, 0.15) is 0 Å². The van der Waals surface area contributed by atoms with Crippen LogP contribution in [0.3, 0.4) is 0 Å². The van der Waals surface area contributed by atoms with E-state index in [4.69, 9.17) is 11.1 Å². The molecule has 0 spiro atoms. The minimum Gasteiger partial charge on any atom is -0.393 e. The maximum atomic E-state index is 7.10. The van der Waals surface area contributed by atoms with Gasteiger partial charge in [0, 0.05) is 12.1 Å². The Morgan fingerprint density at radius 1 is 1.75 bits per heavy atom. The van der Waals surface area contributed by atoms with Crippen molar-refractivity contribution in [2.75, 3.05) is 0 Å². The summed E-state index contributed by atoms with van der Waals surface area (Å²) in [6.07, 6.45) is 1.23. The van der Waals surface area contributed by atoms with Crippen molar-refractivity contribution in [3.8, 4) is 0 Å². The van der Waals surface area contributed by atoms with E-state index < -0.39 is 0 Å². The molecule has 0 atom stereocenters. The molecule has 0 aliphatic heterocycles. The van der Waals surface area contributed by atoms with Crippen LogP contribution in [0.1, 0.15) is 19.8 Å². The summed E-state index contributed by atoms with van der Waals surface area (Å²) in [6.45, 7) is 1.92. The molecule has 0 heterocycles. The lowest BCUT2D eigenvalue weighted by Gasteiger charge is -1.94. The first-order valence-corrected chi connectivity index (χ1v) is 2.92. The van der Waals surface area contributed by atoms with Gasteiger partial charge in [0.15, 0.2) is 0 Å².